The molecular formula is C18H23NO. The zero-order valence-electron chi connectivity index (χ0n) is 12.4. The Bertz CT molecular complexity index is 581. The molecule has 106 valence electrons. The summed E-state index contributed by atoms with van der Waals surface area (Å²) < 4.78 is 5.99. The Kier molecular flexibility index (Phi) is 3.77. The average molecular weight is 269 g/mol. The third kappa shape index (κ3) is 2.13. The van der Waals surface area contributed by atoms with Gasteiger partial charge in [-0.15, -0.1) is 0 Å². The predicted octanol–water partition coefficient (Wildman–Crippen LogP) is 4.06. The maximum Gasteiger partial charge on any atom is 0.0872 e. The van der Waals surface area contributed by atoms with E-state index in [9.17, 15) is 0 Å². The summed E-state index contributed by atoms with van der Waals surface area (Å²) in [7, 11) is 3.91. The number of fused-ring (bicyclic) bond motifs is 1. The number of nitrogens with one attached hydrogen (secondary N) is 1. The summed E-state index contributed by atoms with van der Waals surface area (Å²) in [6.07, 6.45) is 4.80. The van der Waals surface area contributed by atoms with Gasteiger partial charge in [-0.05, 0) is 36.2 Å². The van der Waals surface area contributed by atoms with Crippen LogP contribution in [0.5, 0.6) is 0 Å². The molecule has 1 aliphatic rings. The highest BCUT2D eigenvalue weighted by atomic mass is 16.5. The molecule has 1 N–H and O–H groups in total. The number of methoxy groups -OCH3 is 1. The van der Waals surface area contributed by atoms with E-state index in [1.165, 1.54) is 29.2 Å². The number of rotatable bonds is 4. The van der Waals surface area contributed by atoms with E-state index in [4.69, 9.17) is 4.74 Å². The summed E-state index contributed by atoms with van der Waals surface area (Å²) in [5, 5.41) is 6.15. The van der Waals surface area contributed by atoms with Gasteiger partial charge >= 0.3 is 0 Å². The minimum Gasteiger partial charge on any atom is -0.376 e. The molecule has 2 aromatic rings. The first-order valence-electron chi connectivity index (χ1n) is 7.51. The number of likely N-dealkylation sites (N-methyl/N-ethyl adjacent to an activating group) is 1. The largest absolute Gasteiger partial charge is 0.376 e. The summed E-state index contributed by atoms with van der Waals surface area (Å²) in [6.45, 7) is 0. The van der Waals surface area contributed by atoms with E-state index in [1.807, 2.05) is 14.2 Å². The molecule has 20 heavy (non-hydrogen) atoms. The summed E-state index contributed by atoms with van der Waals surface area (Å²) in [6, 6.07) is 15.4. The van der Waals surface area contributed by atoms with Gasteiger partial charge in [0.2, 0.25) is 0 Å². The van der Waals surface area contributed by atoms with Crippen molar-refractivity contribution in [2.24, 2.45) is 0 Å². The van der Waals surface area contributed by atoms with Crippen molar-refractivity contribution in [3.05, 3.63) is 48.0 Å². The molecule has 2 aromatic carbocycles. The Morgan fingerprint density at radius 1 is 1.05 bits per heavy atom. The van der Waals surface area contributed by atoms with Crippen molar-refractivity contribution < 1.29 is 4.74 Å². The van der Waals surface area contributed by atoms with Crippen molar-refractivity contribution in [2.45, 2.75) is 37.3 Å². The van der Waals surface area contributed by atoms with E-state index in [0.717, 1.165) is 12.8 Å². The lowest BCUT2D eigenvalue weighted by molar-refractivity contribution is -0.0345. The number of hydrogen-bond donors (Lipinski definition) is 1. The SMILES string of the molecule is CNC(c1cccc2ccccc12)C1(OC)CCCC1. The highest BCUT2D eigenvalue weighted by Crippen LogP contribution is 2.43. The van der Waals surface area contributed by atoms with Crippen molar-refractivity contribution in [2.75, 3.05) is 14.2 Å². The van der Waals surface area contributed by atoms with Gasteiger partial charge in [-0.2, -0.15) is 0 Å². The molecule has 0 aromatic heterocycles. The minimum absolute atomic E-state index is 0.0567. The van der Waals surface area contributed by atoms with E-state index < -0.39 is 0 Å². The molecule has 3 rings (SSSR count). The van der Waals surface area contributed by atoms with Crippen molar-refractivity contribution in [1.82, 2.24) is 5.32 Å². The predicted molar refractivity (Wildman–Crippen MR) is 84.0 cm³/mol. The second-order valence-corrected chi connectivity index (χ2v) is 5.77. The summed E-state index contributed by atoms with van der Waals surface area (Å²) in [5.74, 6) is 0. The molecule has 2 nitrogen and oxygen atoms in total. The monoisotopic (exact) mass is 269 g/mol. The third-order valence-corrected chi connectivity index (χ3v) is 4.81. The van der Waals surface area contributed by atoms with E-state index in [0.29, 0.717) is 0 Å². The van der Waals surface area contributed by atoms with Crippen LogP contribution in [0.1, 0.15) is 37.3 Å². The topological polar surface area (TPSA) is 21.3 Å². The smallest absolute Gasteiger partial charge is 0.0872 e. The Hall–Kier alpha value is -1.38. The van der Waals surface area contributed by atoms with Crippen LogP contribution in [0.4, 0.5) is 0 Å². The highest BCUT2D eigenvalue weighted by molar-refractivity contribution is 5.86. The number of ether oxygens (including phenoxy) is 1. The zero-order chi connectivity index (χ0) is 14.0. The van der Waals surface area contributed by atoms with Crippen molar-refractivity contribution in [1.29, 1.82) is 0 Å². The molecule has 1 fully saturated rings. The molecule has 0 aliphatic heterocycles. The fourth-order valence-electron chi connectivity index (χ4n) is 3.79. The van der Waals surface area contributed by atoms with E-state index in [2.05, 4.69) is 47.8 Å². The van der Waals surface area contributed by atoms with Gasteiger partial charge in [-0.3, -0.25) is 0 Å². The van der Waals surface area contributed by atoms with Crippen molar-refractivity contribution >= 4 is 10.8 Å². The van der Waals surface area contributed by atoms with Gasteiger partial charge in [0.15, 0.2) is 0 Å². The average Bonchev–Trinajstić information content (AvgIpc) is 2.98. The van der Waals surface area contributed by atoms with Crippen LogP contribution in [0.15, 0.2) is 42.5 Å². The van der Waals surface area contributed by atoms with Crippen LogP contribution < -0.4 is 5.32 Å². The highest BCUT2D eigenvalue weighted by Gasteiger charge is 2.42. The molecule has 0 amide bonds. The minimum atomic E-state index is -0.0567. The van der Waals surface area contributed by atoms with Gasteiger partial charge in [0.05, 0.1) is 11.6 Å². The molecule has 0 bridgehead atoms. The summed E-state index contributed by atoms with van der Waals surface area (Å²) in [4.78, 5) is 0. The fraction of sp³-hybridized carbons (Fsp3) is 0.444. The molecule has 1 aliphatic carbocycles. The quantitative estimate of drug-likeness (QED) is 0.903. The van der Waals surface area contributed by atoms with Crippen LogP contribution in [-0.4, -0.2) is 19.8 Å². The maximum atomic E-state index is 5.99. The lowest BCUT2D eigenvalue weighted by atomic mass is 9.84. The molecule has 1 saturated carbocycles. The number of benzene rings is 2. The molecule has 0 spiro atoms. The van der Waals surface area contributed by atoms with Crippen LogP contribution in [0.3, 0.4) is 0 Å². The first kappa shape index (κ1) is 13.6. The second kappa shape index (κ2) is 5.55. The van der Waals surface area contributed by atoms with Crippen LogP contribution >= 0.6 is 0 Å². The van der Waals surface area contributed by atoms with E-state index in [1.54, 1.807) is 0 Å². The first-order chi connectivity index (χ1) is 9.80. The molecular weight excluding hydrogens is 246 g/mol. The van der Waals surface area contributed by atoms with Crippen LogP contribution in [0.2, 0.25) is 0 Å². The normalized spacial score (nSPS) is 19.3. The summed E-state index contributed by atoms with van der Waals surface area (Å²) in [5.41, 5.74) is 1.30. The standard InChI is InChI=1S/C18H23NO/c1-19-17(18(20-2)12-5-6-13-18)16-11-7-9-14-8-3-4-10-15(14)16/h3-4,7-11,17,19H,5-6,12-13H2,1-2H3. The lowest BCUT2D eigenvalue weighted by Crippen LogP contribution is -2.42. The Balaban J connectivity index is 2.12. The van der Waals surface area contributed by atoms with Gasteiger partial charge in [-0.1, -0.05) is 55.3 Å². The maximum absolute atomic E-state index is 5.99. The molecule has 1 atom stereocenters. The van der Waals surface area contributed by atoms with Crippen LogP contribution in [0, 0.1) is 0 Å². The van der Waals surface area contributed by atoms with Gasteiger partial charge in [0.25, 0.3) is 0 Å². The second-order valence-electron chi connectivity index (χ2n) is 5.77. The molecule has 1 unspecified atom stereocenters. The molecule has 0 heterocycles. The van der Waals surface area contributed by atoms with Crippen molar-refractivity contribution in [3.8, 4) is 0 Å². The van der Waals surface area contributed by atoms with Gasteiger partial charge in [0.1, 0.15) is 0 Å². The van der Waals surface area contributed by atoms with E-state index in [-0.39, 0.29) is 11.6 Å². The molecule has 0 saturated heterocycles. The third-order valence-electron chi connectivity index (χ3n) is 4.81. The van der Waals surface area contributed by atoms with Crippen LogP contribution in [0.25, 0.3) is 10.8 Å². The van der Waals surface area contributed by atoms with Crippen LogP contribution in [-0.2, 0) is 4.74 Å². The first-order valence-corrected chi connectivity index (χ1v) is 7.51. The lowest BCUT2D eigenvalue weighted by Gasteiger charge is -2.37. The van der Waals surface area contributed by atoms with Gasteiger partial charge in [0, 0.05) is 7.11 Å². The Labute approximate surface area is 121 Å². The number of hydrogen-bond acceptors (Lipinski definition) is 2. The van der Waals surface area contributed by atoms with Gasteiger partial charge < -0.3 is 10.1 Å². The van der Waals surface area contributed by atoms with E-state index >= 15 is 0 Å². The Morgan fingerprint density at radius 3 is 2.45 bits per heavy atom. The Morgan fingerprint density at radius 2 is 1.75 bits per heavy atom. The molecule has 0 radical (unpaired) electrons. The van der Waals surface area contributed by atoms with Gasteiger partial charge in [-0.25, -0.2) is 0 Å². The van der Waals surface area contributed by atoms with Crippen molar-refractivity contribution in [3.63, 3.8) is 0 Å². The fourth-order valence-corrected chi connectivity index (χ4v) is 3.79. The molecule has 2 heteroatoms. The summed E-state index contributed by atoms with van der Waals surface area (Å²) >= 11 is 0. The zero-order valence-corrected chi connectivity index (χ0v) is 12.4.